The monoisotopic (exact) mass is 270 g/mol. The quantitative estimate of drug-likeness (QED) is 0.733. The zero-order valence-electron chi connectivity index (χ0n) is 10.4. The number of nitrogens with two attached hydrogens (primary N) is 1. The molecule has 5 nitrogen and oxygen atoms in total. The second-order valence-electron chi connectivity index (χ2n) is 4.01. The van der Waals surface area contributed by atoms with Crippen molar-refractivity contribution in [1.82, 2.24) is 0 Å². The van der Waals surface area contributed by atoms with E-state index in [1.807, 2.05) is 6.07 Å². The van der Waals surface area contributed by atoms with Crippen molar-refractivity contribution < 1.29 is 9.18 Å². The van der Waals surface area contributed by atoms with Crippen LogP contribution in [0, 0.1) is 17.1 Å². The number of rotatable bonds is 2. The number of amides is 2. The maximum atomic E-state index is 13.0. The lowest BCUT2D eigenvalue weighted by atomic mass is 10.2. The predicted molar refractivity (Wildman–Crippen MR) is 74.6 cm³/mol. The Hall–Kier alpha value is -3.07. The summed E-state index contributed by atoms with van der Waals surface area (Å²) in [5.74, 6) is -0.544. The number of nitrogen functional groups attached to an aromatic ring is 1. The molecule has 20 heavy (non-hydrogen) atoms. The molecule has 0 aliphatic heterocycles. The van der Waals surface area contributed by atoms with Crippen LogP contribution in [0.3, 0.4) is 0 Å². The average Bonchev–Trinajstić information content (AvgIpc) is 2.43. The van der Waals surface area contributed by atoms with Crippen LogP contribution in [-0.4, -0.2) is 6.03 Å². The van der Waals surface area contributed by atoms with Gasteiger partial charge in [0.15, 0.2) is 0 Å². The van der Waals surface area contributed by atoms with Crippen molar-refractivity contribution in [2.45, 2.75) is 0 Å². The van der Waals surface area contributed by atoms with Gasteiger partial charge in [-0.3, -0.25) is 0 Å². The lowest BCUT2D eigenvalue weighted by molar-refractivity contribution is 0.262. The lowest BCUT2D eigenvalue weighted by Crippen LogP contribution is -2.19. The number of carbonyl (C=O) groups is 1. The first-order valence-corrected chi connectivity index (χ1v) is 5.71. The van der Waals surface area contributed by atoms with E-state index in [4.69, 9.17) is 11.0 Å². The topological polar surface area (TPSA) is 90.9 Å². The molecule has 0 saturated carbocycles. The maximum Gasteiger partial charge on any atom is 0.323 e. The Morgan fingerprint density at radius 1 is 1.15 bits per heavy atom. The summed E-state index contributed by atoms with van der Waals surface area (Å²) in [7, 11) is 0. The van der Waals surface area contributed by atoms with E-state index in [0.717, 1.165) is 0 Å². The normalized spacial score (nSPS) is 9.60. The second kappa shape index (κ2) is 5.71. The molecule has 0 aliphatic rings. The average molecular weight is 270 g/mol. The van der Waals surface area contributed by atoms with Crippen LogP contribution >= 0.6 is 0 Å². The fourth-order valence-corrected chi connectivity index (χ4v) is 1.58. The van der Waals surface area contributed by atoms with Gasteiger partial charge >= 0.3 is 6.03 Å². The van der Waals surface area contributed by atoms with Crippen LogP contribution in [0.4, 0.5) is 26.2 Å². The molecule has 0 saturated heterocycles. The van der Waals surface area contributed by atoms with Gasteiger partial charge in [0.2, 0.25) is 0 Å². The van der Waals surface area contributed by atoms with Crippen LogP contribution in [-0.2, 0) is 0 Å². The highest BCUT2D eigenvalue weighted by Crippen LogP contribution is 2.17. The summed E-state index contributed by atoms with van der Waals surface area (Å²) in [4.78, 5) is 11.7. The fraction of sp³-hybridized carbons (Fsp3) is 0. The van der Waals surface area contributed by atoms with E-state index in [2.05, 4.69) is 10.6 Å². The number of nitrogens with zero attached hydrogens (tertiary/aromatic N) is 1. The van der Waals surface area contributed by atoms with Crippen molar-refractivity contribution in [2.24, 2.45) is 0 Å². The Kier molecular flexibility index (Phi) is 3.82. The van der Waals surface area contributed by atoms with Crippen molar-refractivity contribution in [3.8, 4) is 6.07 Å². The molecule has 0 atom stereocenters. The molecule has 0 aliphatic carbocycles. The van der Waals surface area contributed by atoms with E-state index < -0.39 is 11.8 Å². The number of hydrogen-bond donors (Lipinski definition) is 3. The molecule has 0 radical (unpaired) electrons. The molecule has 0 aromatic heterocycles. The third-order valence-corrected chi connectivity index (χ3v) is 2.50. The number of nitriles is 1. The highest BCUT2D eigenvalue weighted by Gasteiger charge is 2.05. The third-order valence-electron chi connectivity index (χ3n) is 2.50. The van der Waals surface area contributed by atoms with Crippen LogP contribution in [0.25, 0.3) is 0 Å². The van der Waals surface area contributed by atoms with Gasteiger partial charge in [-0.1, -0.05) is 6.07 Å². The molecule has 100 valence electrons. The van der Waals surface area contributed by atoms with Gasteiger partial charge in [-0.25, -0.2) is 9.18 Å². The van der Waals surface area contributed by atoms with E-state index in [-0.39, 0.29) is 5.69 Å². The smallest absolute Gasteiger partial charge is 0.323 e. The van der Waals surface area contributed by atoms with E-state index >= 15 is 0 Å². The van der Waals surface area contributed by atoms with Gasteiger partial charge in [-0.2, -0.15) is 5.26 Å². The van der Waals surface area contributed by atoms with Crippen LogP contribution in [0.1, 0.15) is 5.56 Å². The van der Waals surface area contributed by atoms with Crippen LogP contribution in [0.5, 0.6) is 0 Å². The Balaban J connectivity index is 2.05. The number of anilines is 3. The van der Waals surface area contributed by atoms with Crippen molar-refractivity contribution in [3.63, 3.8) is 0 Å². The largest absolute Gasteiger partial charge is 0.396 e. The van der Waals surface area contributed by atoms with Gasteiger partial charge < -0.3 is 16.4 Å². The summed E-state index contributed by atoms with van der Waals surface area (Å²) < 4.78 is 13.0. The molecule has 0 spiro atoms. The minimum absolute atomic E-state index is 0.0470. The SMILES string of the molecule is N#Cc1cccc(NC(=O)Nc2ccc(F)c(N)c2)c1. The minimum atomic E-state index is -0.544. The number of benzene rings is 2. The van der Waals surface area contributed by atoms with Crippen molar-refractivity contribution in [1.29, 1.82) is 5.26 Å². The first kappa shape index (κ1) is 13.4. The van der Waals surface area contributed by atoms with Crippen LogP contribution in [0.15, 0.2) is 42.5 Å². The van der Waals surface area contributed by atoms with Crippen molar-refractivity contribution in [2.75, 3.05) is 16.4 Å². The summed E-state index contributed by atoms with van der Waals surface area (Å²) in [5.41, 5.74) is 6.65. The molecular weight excluding hydrogens is 259 g/mol. The molecule has 0 unspecified atom stereocenters. The standard InChI is InChI=1S/C14H11FN4O/c15-12-5-4-11(7-13(12)17)19-14(20)18-10-3-1-2-9(6-10)8-16/h1-7H,17H2,(H2,18,19,20). The number of urea groups is 1. The summed E-state index contributed by atoms with van der Waals surface area (Å²) in [6, 6.07) is 11.8. The van der Waals surface area contributed by atoms with Gasteiger partial charge in [-0.05, 0) is 36.4 Å². The number of halogens is 1. The van der Waals surface area contributed by atoms with E-state index in [9.17, 15) is 9.18 Å². The van der Waals surface area contributed by atoms with E-state index in [1.165, 1.54) is 18.2 Å². The number of hydrogen-bond acceptors (Lipinski definition) is 3. The van der Waals surface area contributed by atoms with Gasteiger partial charge in [-0.15, -0.1) is 0 Å². The highest BCUT2D eigenvalue weighted by atomic mass is 19.1. The molecular formula is C14H11FN4O. The first-order valence-electron chi connectivity index (χ1n) is 5.71. The summed E-state index contributed by atoms with van der Waals surface area (Å²) in [6.07, 6.45) is 0. The molecule has 2 aromatic rings. The second-order valence-corrected chi connectivity index (χ2v) is 4.01. The Morgan fingerprint density at radius 2 is 1.85 bits per heavy atom. The van der Waals surface area contributed by atoms with Gasteiger partial charge in [0, 0.05) is 11.4 Å². The summed E-state index contributed by atoms with van der Waals surface area (Å²) in [6.45, 7) is 0. The molecule has 0 bridgehead atoms. The molecule has 4 N–H and O–H groups in total. The van der Waals surface area contributed by atoms with Gasteiger partial charge in [0.05, 0.1) is 17.3 Å². The van der Waals surface area contributed by atoms with Gasteiger partial charge in [0.25, 0.3) is 0 Å². The molecule has 0 fully saturated rings. The predicted octanol–water partition coefficient (Wildman–Crippen LogP) is 2.92. The van der Waals surface area contributed by atoms with Crippen LogP contribution < -0.4 is 16.4 Å². The lowest BCUT2D eigenvalue weighted by Gasteiger charge is -2.08. The Labute approximate surface area is 114 Å². The van der Waals surface area contributed by atoms with Crippen molar-refractivity contribution in [3.05, 3.63) is 53.8 Å². The maximum absolute atomic E-state index is 13.0. The minimum Gasteiger partial charge on any atom is -0.396 e. The van der Waals surface area contributed by atoms with E-state index in [1.54, 1.807) is 24.3 Å². The highest BCUT2D eigenvalue weighted by molar-refractivity contribution is 6.00. The molecule has 2 rings (SSSR count). The van der Waals surface area contributed by atoms with Crippen molar-refractivity contribution >= 4 is 23.1 Å². The third kappa shape index (κ3) is 3.23. The number of carbonyl (C=O) groups excluding carboxylic acids is 1. The number of nitrogens with one attached hydrogen (secondary N) is 2. The summed E-state index contributed by atoms with van der Waals surface area (Å²) in [5, 5.41) is 13.8. The zero-order valence-corrected chi connectivity index (χ0v) is 10.4. The zero-order chi connectivity index (χ0) is 14.5. The Bertz CT molecular complexity index is 694. The van der Waals surface area contributed by atoms with Crippen LogP contribution in [0.2, 0.25) is 0 Å². The van der Waals surface area contributed by atoms with E-state index in [0.29, 0.717) is 16.9 Å². The molecule has 0 heterocycles. The molecule has 6 heteroatoms. The molecule has 2 aromatic carbocycles. The van der Waals surface area contributed by atoms with Gasteiger partial charge in [0.1, 0.15) is 5.82 Å². The Morgan fingerprint density at radius 3 is 2.50 bits per heavy atom. The summed E-state index contributed by atoms with van der Waals surface area (Å²) >= 11 is 0. The first-order chi connectivity index (χ1) is 9.58. The fourth-order valence-electron chi connectivity index (χ4n) is 1.58. The molecule has 2 amide bonds.